The van der Waals surface area contributed by atoms with E-state index in [0.717, 1.165) is 11.3 Å². The first kappa shape index (κ1) is 14.8. The Balaban J connectivity index is 1.96. The van der Waals surface area contributed by atoms with Crippen molar-refractivity contribution in [1.29, 1.82) is 0 Å². The van der Waals surface area contributed by atoms with Gasteiger partial charge in [-0.1, -0.05) is 23.7 Å². The Morgan fingerprint density at radius 3 is 2.60 bits per heavy atom. The average Bonchev–Trinajstić information content (AvgIpc) is 2.41. The van der Waals surface area contributed by atoms with Gasteiger partial charge in [0, 0.05) is 24.3 Å². The average molecular weight is 309 g/mol. The zero-order chi connectivity index (χ0) is 14.5. The second kappa shape index (κ2) is 6.68. The third-order valence-electron chi connectivity index (χ3n) is 2.75. The first-order valence-electron chi connectivity index (χ1n) is 6.07. The normalized spacial score (nSPS) is 10.2. The fraction of sp³-hybridized carbons (Fsp3) is 0.133. The molecule has 20 heavy (non-hydrogen) atoms. The summed E-state index contributed by atoms with van der Waals surface area (Å²) in [6.45, 7) is 0.646. The maximum absolute atomic E-state index is 12.8. The van der Waals surface area contributed by atoms with Crippen LogP contribution in [0.1, 0.15) is 5.56 Å². The molecule has 0 amide bonds. The summed E-state index contributed by atoms with van der Waals surface area (Å²) in [5.41, 5.74) is 1.83. The van der Waals surface area contributed by atoms with Crippen LogP contribution < -0.4 is 5.32 Å². The molecule has 0 aliphatic carbocycles. The number of benzene rings is 2. The Kier molecular flexibility index (Phi) is 4.93. The molecule has 104 valence electrons. The standard InChI is InChI=1S/C15H14ClFN2S/c1-19(10-11-3-2-4-12(16)9-11)15(20)18-14-7-5-13(17)6-8-14/h2-9H,10H2,1H3,(H,18,20). The predicted molar refractivity (Wildman–Crippen MR) is 85.5 cm³/mol. The van der Waals surface area contributed by atoms with Crippen molar-refractivity contribution in [1.82, 2.24) is 4.90 Å². The van der Waals surface area contributed by atoms with Crippen molar-refractivity contribution in [3.05, 3.63) is 64.9 Å². The van der Waals surface area contributed by atoms with Crippen molar-refractivity contribution in [2.75, 3.05) is 12.4 Å². The van der Waals surface area contributed by atoms with Crippen molar-refractivity contribution >= 4 is 34.6 Å². The molecule has 0 radical (unpaired) electrons. The summed E-state index contributed by atoms with van der Waals surface area (Å²) < 4.78 is 12.8. The molecule has 0 saturated heterocycles. The molecule has 0 spiro atoms. The number of halogens is 2. The van der Waals surface area contributed by atoms with Crippen molar-refractivity contribution in [2.45, 2.75) is 6.54 Å². The van der Waals surface area contributed by atoms with Crippen molar-refractivity contribution in [3.63, 3.8) is 0 Å². The third kappa shape index (κ3) is 4.18. The van der Waals surface area contributed by atoms with Crippen LogP contribution in [-0.4, -0.2) is 17.1 Å². The maximum Gasteiger partial charge on any atom is 0.173 e. The fourth-order valence-electron chi connectivity index (χ4n) is 1.73. The Bertz CT molecular complexity index is 601. The van der Waals surface area contributed by atoms with Crippen molar-refractivity contribution in [2.24, 2.45) is 0 Å². The van der Waals surface area contributed by atoms with Crippen molar-refractivity contribution < 1.29 is 4.39 Å². The Morgan fingerprint density at radius 1 is 1.25 bits per heavy atom. The SMILES string of the molecule is CN(Cc1cccc(Cl)c1)C(=S)Nc1ccc(F)cc1. The van der Waals surface area contributed by atoms with Crippen LogP contribution in [0.15, 0.2) is 48.5 Å². The molecule has 0 bridgehead atoms. The summed E-state index contributed by atoms with van der Waals surface area (Å²) in [4.78, 5) is 1.89. The number of hydrogen-bond donors (Lipinski definition) is 1. The zero-order valence-electron chi connectivity index (χ0n) is 10.9. The van der Waals surface area contributed by atoms with Gasteiger partial charge in [0.25, 0.3) is 0 Å². The molecule has 0 aromatic heterocycles. The molecule has 0 heterocycles. The topological polar surface area (TPSA) is 15.3 Å². The van der Waals surface area contributed by atoms with Gasteiger partial charge >= 0.3 is 0 Å². The van der Waals surface area contributed by atoms with Crippen LogP contribution in [0.4, 0.5) is 10.1 Å². The van der Waals surface area contributed by atoms with Gasteiger partial charge in [-0.05, 0) is 54.2 Å². The summed E-state index contributed by atoms with van der Waals surface area (Å²) in [6, 6.07) is 13.7. The molecular weight excluding hydrogens is 295 g/mol. The van der Waals surface area contributed by atoms with Gasteiger partial charge in [-0.15, -0.1) is 0 Å². The van der Waals surface area contributed by atoms with Gasteiger partial charge in [0.1, 0.15) is 5.82 Å². The predicted octanol–water partition coefficient (Wildman–Crippen LogP) is 4.31. The molecule has 2 aromatic rings. The van der Waals surface area contributed by atoms with E-state index in [2.05, 4.69) is 5.32 Å². The lowest BCUT2D eigenvalue weighted by Gasteiger charge is -2.21. The molecule has 1 N–H and O–H groups in total. The molecule has 0 unspecified atom stereocenters. The monoisotopic (exact) mass is 308 g/mol. The number of hydrogen-bond acceptors (Lipinski definition) is 1. The summed E-state index contributed by atoms with van der Waals surface area (Å²) in [5.74, 6) is -0.270. The molecule has 0 saturated carbocycles. The molecule has 0 aliphatic rings. The van der Waals surface area contributed by atoms with Crippen LogP contribution >= 0.6 is 23.8 Å². The minimum Gasteiger partial charge on any atom is -0.348 e. The minimum absolute atomic E-state index is 0.270. The van der Waals surface area contributed by atoms with E-state index in [9.17, 15) is 4.39 Å². The van der Waals surface area contributed by atoms with Crippen molar-refractivity contribution in [3.8, 4) is 0 Å². The van der Waals surface area contributed by atoms with Crippen LogP contribution in [0.25, 0.3) is 0 Å². The summed E-state index contributed by atoms with van der Waals surface area (Å²) >= 11 is 11.3. The van der Waals surface area contributed by atoms with Gasteiger partial charge in [-0.3, -0.25) is 0 Å². The minimum atomic E-state index is -0.270. The number of nitrogens with one attached hydrogen (secondary N) is 1. The van der Waals surface area contributed by atoms with Gasteiger partial charge in [0.2, 0.25) is 0 Å². The van der Waals surface area contributed by atoms with E-state index in [-0.39, 0.29) is 5.82 Å². The lowest BCUT2D eigenvalue weighted by molar-refractivity contribution is 0.508. The molecule has 2 aromatic carbocycles. The Morgan fingerprint density at radius 2 is 1.95 bits per heavy atom. The summed E-state index contributed by atoms with van der Waals surface area (Å²) in [5, 5.41) is 4.33. The second-order valence-electron chi connectivity index (χ2n) is 4.42. The number of thiocarbonyl (C=S) groups is 1. The molecule has 0 atom stereocenters. The molecule has 2 nitrogen and oxygen atoms in total. The first-order chi connectivity index (χ1) is 9.54. The van der Waals surface area contributed by atoms with E-state index < -0.39 is 0 Å². The van der Waals surface area contributed by atoms with E-state index in [1.165, 1.54) is 12.1 Å². The van der Waals surface area contributed by atoms with Crippen LogP contribution in [0, 0.1) is 5.82 Å². The Labute approximate surface area is 128 Å². The lowest BCUT2D eigenvalue weighted by Crippen LogP contribution is -2.30. The molecule has 0 fully saturated rings. The second-order valence-corrected chi connectivity index (χ2v) is 5.25. The summed E-state index contributed by atoms with van der Waals surface area (Å²) in [7, 11) is 1.89. The lowest BCUT2D eigenvalue weighted by atomic mass is 10.2. The van der Waals surface area contributed by atoms with Gasteiger partial charge < -0.3 is 10.2 Å². The van der Waals surface area contributed by atoms with Crippen LogP contribution in [0.5, 0.6) is 0 Å². The van der Waals surface area contributed by atoms with Crippen LogP contribution in [0.3, 0.4) is 0 Å². The van der Waals surface area contributed by atoms with Gasteiger partial charge in [-0.25, -0.2) is 4.39 Å². The quantitative estimate of drug-likeness (QED) is 0.851. The molecular formula is C15H14ClFN2S. The molecule has 0 aliphatic heterocycles. The highest BCUT2D eigenvalue weighted by atomic mass is 35.5. The molecule has 5 heteroatoms. The number of rotatable bonds is 3. The Hall–Kier alpha value is -1.65. The van der Waals surface area contributed by atoms with E-state index in [1.54, 1.807) is 12.1 Å². The van der Waals surface area contributed by atoms with E-state index in [0.29, 0.717) is 16.7 Å². The summed E-state index contributed by atoms with van der Waals surface area (Å²) in [6.07, 6.45) is 0. The number of nitrogens with zero attached hydrogens (tertiary/aromatic N) is 1. The smallest absolute Gasteiger partial charge is 0.173 e. The van der Waals surface area contributed by atoms with Crippen LogP contribution in [-0.2, 0) is 6.54 Å². The number of anilines is 1. The largest absolute Gasteiger partial charge is 0.348 e. The van der Waals surface area contributed by atoms with Gasteiger partial charge in [0.05, 0.1) is 0 Å². The molecule has 2 rings (SSSR count). The highest BCUT2D eigenvalue weighted by Crippen LogP contribution is 2.13. The highest BCUT2D eigenvalue weighted by Gasteiger charge is 2.06. The van der Waals surface area contributed by atoms with Crippen LogP contribution in [0.2, 0.25) is 5.02 Å². The highest BCUT2D eigenvalue weighted by molar-refractivity contribution is 7.80. The van der Waals surface area contributed by atoms with E-state index in [4.69, 9.17) is 23.8 Å². The van der Waals surface area contributed by atoms with Gasteiger partial charge in [-0.2, -0.15) is 0 Å². The fourth-order valence-corrected chi connectivity index (χ4v) is 2.13. The third-order valence-corrected chi connectivity index (χ3v) is 3.40. The first-order valence-corrected chi connectivity index (χ1v) is 6.85. The van der Waals surface area contributed by atoms with E-state index >= 15 is 0 Å². The maximum atomic E-state index is 12.8. The van der Waals surface area contributed by atoms with Gasteiger partial charge in [0.15, 0.2) is 5.11 Å². The van der Waals surface area contributed by atoms with E-state index in [1.807, 2.05) is 36.2 Å². The zero-order valence-corrected chi connectivity index (χ0v) is 12.5.